The summed E-state index contributed by atoms with van der Waals surface area (Å²) in [7, 11) is 1.62. The molecule has 0 aliphatic carbocycles. The Bertz CT molecular complexity index is 773. The minimum Gasteiger partial charge on any atom is -0.496 e. The lowest BCUT2D eigenvalue weighted by Crippen LogP contribution is -1.99. The van der Waals surface area contributed by atoms with Crippen molar-refractivity contribution in [2.75, 3.05) is 12.4 Å². The van der Waals surface area contributed by atoms with E-state index in [4.69, 9.17) is 9.15 Å². The first-order valence-electron chi connectivity index (χ1n) is 6.71. The molecule has 0 aliphatic heterocycles. The van der Waals surface area contributed by atoms with Crippen LogP contribution in [0.4, 0.5) is 5.69 Å². The summed E-state index contributed by atoms with van der Waals surface area (Å²) in [5.41, 5.74) is 1.76. The maximum absolute atomic E-state index is 5.69. The van der Waals surface area contributed by atoms with Crippen LogP contribution in [0.5, 0.6) is 5.75 Å². The molecule has 0 bridgehead atoms. The molecule has 22 heavy (non-hydrogen) atoms. The first-order valence-corrected chi connectivity index (χ1v) is 7.51. The van der Waals surface area contributed by atoms with Crippen LogP contribution in [0, 0.1) is 0 Å². The van der Waals surface area contributed by atoms with Gasteiger partial charge in [0.05, 0.1) is 19.2 Å². The van der Waals surface area contributed by atoms with Gasteiger partial charge in [0.1, 0.15) is 5.75 Å². The number of ether oxygens (including phenoxy) is 1. The Morgan fingerprint density at radius 3 is 2.82 bits per heavy atom. The average Bonchev–Trinajstić information content (AvgIpc) is 3.02. The molecule has 0 fully saturated rings. The first-order chi connectivity index (χ1) is 10.8. The van der Waals surface area contributed by atoms with Crippen LogP contribution < -0.4 is 10.1 Å². The lowest BCUT2D eigenvalue weighted by Gasteiger charge is -2.04. The lowest BCUT2D eigenvalue weighted by atomic mass is 10.2. The highest BCUT2D eigenvalue weighted by atomic mass is 79.9. The van der Waals surface area contributed by atoms with E-state index in [9.17, 15) is 0 Å². The summed E-state index contributed by atoms with van der Waals surface area (Å²) in [6.45, 7) is 0.457. The fourth-order valence-electron chi connectivity index (χ4n) is 2.03. The number of halogens is 1. The summed E-state index contributed by atoms with van der Waals surface area (Å²) in [6, 6.07) is 15.4. The van der Waals surface area contributed by atoms with Crippen molar-refractivity contribution in [1.29, 1.82) is 0 Å². The molecule has 1 heterocycles. The highest BCUT2D eigenvalue weighted by Crippen LogP contribution is 2.28. The summed E-state index contributed by atoms with van der Waals surface area (Å²) < 4.78 is 12.0. The second-order valence-corrected chi connectivity index (χ2v) is 5.48. The third kappa shape index (κ3) is 3.28. The van der Waals surface area contributed by atoms with Crippen molar-refractivity contribution in [2.45, 2.75) is 6.54 Å². The van der Waals surface area contributed by atoms with Crippen molar-refractivity contribution in [3.63, 3.8) is 0 Å². The third-order valence-electron chi connectivity index (χ3n) is 3.07. The van der Waals surface area contributed by atoms with Crippen LogP contribution in [0.25, 0.3) is 11.5 Å². The van der Waals surface area contributed by atoms with Crippen LogP contribution in [-0.4, -0.2) is 17.3 Å². The number of rotatable bonds is 5. The lowest BCUT2D eigenvalue weighted by molar-refractivity contribution is 0.413. The number of benzene rings is 2. The molecule has 0 spiro atoms. The third-order valence-corrected chi connectivity index (χ3v) is 3.57. The predicted molar refractivity (Wildman–Crippen MR) is 87.8 cm³/mol. The zero-order valence-electron chi connectivity index (χ0n) is 11.9. The molecule has 0 atom stereocenters. The van der Waals surface area contributed by atoms with E-state index in [1.54, 1.807) is 7.11 Å². The Morgan fingerprint density at radius 1 is 1.14 bits per heavy atom. The molecule has 0 saturated carbocycles. The molecule has 1 aromatic heterocycles. The van der Waals surface area contributed by atoms with Crippen LogP contribution >= 0.6 is 15.9 Å². The maximum atomic E-state index is 5.69. The van der Waals surface area contributed by atoms with Gasteiger partial charge in [-0.1, -0.05) is 34.1 Å². The van der Waals surface area contributed by atoms with Crippen LogP contribution in [0.15, 0.2) is 57.4 Å². The van der Waals surface area contributed by atoms with Gasteiger partial charge < -0.3 is 14.5 Å². The van der Waals surface area contributed by atoms with Gasteiger partial charge in [-0.15, -0.1) is 10.2 Å². The van der Waals surface area contributed by atoms with Gasteiger partial charge in [-0.25, -0.2) is 0 Å². The van der Waals surface area contributed by atoms with E-state index in [1.165, 1.54) is 0 Å². The predicted octanol–water partition coefficient (Wildman–Crippen LogP) is 4.12. The highest BCUT2D eigenvalue weighted by Gasteiger charge is 2.12. The van der Waals surface area contributed by atoms with E-state index >= 15 is 0 Å². The van der Waals surface area contributed by atoms with Gasteiger partial charge in [0.25, 0.3) is 5.89 Å². The molecule has 0 amide bonds. The molecule has 3 aromatic rings. The summed E-state index contributed by atoms with van der Waals surface area (Å²) in [6.07, 6.45) is 0. The zero-order chi connectivity index (χ0) is 15.4. The Hall–Kier alpha value is -2.34. The summed E-state index contributed by atoms with van der Waals surface area (Å²) >= 11 is 3.43. The van der Waals surface area contributed by atoms with Crippen molar-refractivity contribution in [3.05, 3.63) is 58.9 Å². The highest BCUT2D eigenvalue weighted by molar-refractivity contribution is 9.10. The second-order valence-electron chi connectivity index (χ2n) is 4.57. The van der Waals surface area contributed by atoms with E-state index < -0.39 is 0 Å². The smallest absolute Gasteiger partial charge is 0.251 e. The fourth-order valence-corrected chi connectivity index (χ4v) is 2.43. The standard InChI is InChI=1S/C16H14BrN3O2/c1-21-14-8-3-2-7-13(14)16-20-19-15(22-16)10-18-12-6-4-5-11(17)9-12/h2-9,18H,10H2,1H3. The molecule has 3 rings (SSSR count). The summed E-state index contributed by atoms with van der Waals surface area (Å²) in [5, 5.41) is 11.4. The maximum Gasteiger partial charge on any atom is 0.251 e. The van der Waals surface area contributed by atoms with Gasteiger partial charge in [-0.3, -0.25) is 0 Å². The number of hydrogen-bond donors (Lipinski definition) is 1. The molecule has 0 saturated heterocycles. The molecular weight excluding hydrogens is 346 g/mol. The minimum absolute atomic E-state index is 0.448. The van der Waals surface area contributed by atoms with E-state index in [1.807, 2.05) is 48.5 Å². The fraction of sp³-hybridized carbons (Fsp3) is 0.125. The number of anilines is 1. The van der Waals surface area contributed by atoms with Crippen molar-refractivity contribution < 1.29 is 9.15 Å². The minimum atomic E-state index is 0.448. The van der Waals surface area contributed by atoms with Gasteiger partial charge in [0.2, 0.25) is 5.89 Å². The summed E-state index contributed by atoms with van der Waals surface area (Å²) in [5.74, 6) is 1.67. The van der Waals surface area contributed by atoms with Gasteiger partial charge in [-0.05, 0) is 30.3 Å². The summed E-state index contributed by atoms with van der Waals surface area (Å²) in [4.78, 5) is 0. The zero-order valence-corrected chi connectivity index (χ0v) is 13.5. The van der Waals surface area contributed by atoms with Crippen molar-refractivity contribution in [3.8, 4) is 17.2 Å². The number of hydrogen-bond acceptors (Lipinski definition) is 5. The van der Waals surface area contributed by atoms with Gasteiger partial charge >= 0.3 is 0 Å². The van der Waals surface area contributed by atoms with Gasteiger partial charge in [-0.2, -0.15) is 0 Å². The molecule has 112 valence electrons. The van der Waals surface area contributed by atoms with E-state index in [-0.39, 0.29) is 0 Å². The Morgan fingerprint density at radius 2 is 2.00 bits per heavy atom. The van der Waals surface area contributed by atoms with Crippen LogP contribution in [0.3, 0.4) is 0 Å². The Balaban J connectivity index is 1.74. The number of nitrogens with one attached hydrogen (secondary N) is 1. The largest absolute Gasteiger partial charge is 0.496 e. The van der Waals surface area contributed by atoms with Crippen LogP contribution in [0.2, 0.25) is 0 Å². The molecule has 5 nitrogen and oxygen atoms in total. The number of para-hydroxylation sites is 1. The molecular formula is C16H14BrN3O2. The topological polar surface area (TPSA) is 60.2 Å². The van der Waals surface area contributed by atoms with Crippen molar-refractivity contribution in [1.82, 2.24) is 10.2 Å². The quantitative estimate of drug-likeness (QED) is 0.742. The SMILES string of the molecule is COc1ccccc1-c1nnc(CNc2cccc(Br)c2)o1. The van der Waals surface area contributed by atoms with Crippen molar-refractivity contribution >= 4 is 21.6 Å². The van der Waals surface area contributed by atoms with Gasteiger partial charge in [0.15, 0.2) is 0 Å². The monoisotopic (exact) mass is 359 g/mol. The van der Waals surface area contributed by atoms with E-state index in [0.717, 1.165) is 15.7 Å². The Kier molecular flexibility index (Phi) is 4.39. The molecule has 6 heteroatoms. The number of nitrogens with zero attached hydrogens (tertiary/aromatic N) is 2. The van der Waals surface area contributed by atoms with E-state index in [2.05, 4.69) is 31.4 Å². The van der Waals surface area contributed by atoms with Crippen LogP contribution in [0.1, 0.15) is 5.89 Å². The number of methoxy groups -OCH3 is 1. The van der Waals surface area contributed by atoms with E-state index in [0.29, 0.717) is 24.1 Å². The first kappa shape index (κ1) is 14.6. The molecule has 0 aliphatic rings. The molecule has 1 N–H and O–H groups in total. The van der Waals surface area contributed by atoms with Crippen LogP contribution in [-0.2, 0) is 6.54 Å². The Labute approximate surface area is 136 Å². The normalized spacial score (nSPS) is 10.5. The molecule has 2 aromatic carbocycles. The molecule has 0 unspecified atom stereocenters. The second kappa shape index (κ2) is 6.62. The number of aromatic nitrogens is 2. The van der Waals surface area contributed by atoms with Crippen molar-refractivity contribution in [2.24, 2.45) is 0 Å². The average molecular weight is 360 g/mol. The molecule has 0 radical (unpaired) electrons. The van der Waals surface area contributed by atoms with Gasteiger partial charge in [0, 0.05) is 10.2 Å².